The molecule has 0 radical (unpaired) electrons. The minimum atomic E-state index is -0.286. The average molecular weight is 279 g/mol. The monoisotopic (exact) mass is 279 g/mol. The molecule has 1 aliphatic rings. The van der Waals surface area contributed by atoms with Crippen LogP contribution in [0.1, 0.15) is 38.2 Å². The molecule has 1 aromatic carbocycles. The van der Waals surface area contributed by atoms with Gasteiger partial charge in [0.15, 0.2) is 0 Å². The summed E-state index contributed by atoms with van der Waals surface area (Å²) < 4.78 is 18.5. The third kappa shape index (κ3) is 3.18. The zero-order valence-electron chi connectivity index (χ0n) is 12.2. The van der Waals surface area contributed by atoms with Gasteiger partial charge in [0.1, 0.15) is 11.9 Å². The van der Waals surface area contributed by atoms with Gasteiger partial charge in [-0.25, -0.2) is 4.39 Å². The molecule has 1 atom stereocenters. The highest BCUT2D eigenvalue weighted by Gasteiger charge is 2.35. The molecule has 1 aromatic rings. The lowest BCUT2D eigenvalue weighted by Gasteiger charge is -2.39. The maximum atomic E-state index is 13.7. The molecule has 0 heterocycles. The summed E-state index contributed by atoms with van der Waals surface area (Å²) in [4.78, 5) is 11.7. The van der Waals surface area contributed by atoms with Gasteiger partial charge in [0, 0.05) is 6.04 Å². The van der Waals surface area contributed by atoms with Crippen molar-refractivity contribution in [3.05, 3.63) is 35.6 Å². The molecule has 20 heavy (non-hydrogen) atoms. The lowest BCUT2D eigenvalue weighted by Crippen LogP contribution is -2.51. The van der Waals surface area contributed by atoms with E-state index in [-0.39, 0.29) is 35.7 Å². The standard InChI is InChI=1S/C16H22FNO2/c1-10(2)15(16(19)20-3)18-12-8-11(9-12)13-6-4-5-7-14(13)17/h4-7,10-12,15,18H,8-9H2,1-3H3/t11?,12?,15-/m0/s1. The molecule has 4 heteroatoms. The van der Waals surface area contributed by atoms with E-state index in [0.717, 1.165) is 18.4 Å². The Morgan fingerprint density at radius 3 is 2.55 bits per heavy atom. The number of methoxy groups -OCH3 is 1. The van der Waals surface area contributed by atoms with Gasteiger partial charge in [0.25, 0.3) is 0 Å². The summed E-state index contributed by atoms with van der Waals surface area (Å²) in [6.45, 7) is 3.98. The van der Waals surface area contributed by atoms with Gasteiger partial charge in [-0.3, -0.25) is 4.79 Å². The topological polar surface area (TPSA) is 38.3 Å². The van der Waals surface area contributed by atoms with Crippen molar-refractivity contribution >= 4 is 5.97 Å². The molecule has 0 aromatic heterocycles. The first-order valence-corrected chi connectivity index (χ1v) is 7.11. The zero-order chi connectivity index (χ0) is 14.7. The Hall–Kier alpha value is -1.42. The van der Waals surface area contributed by atoms with E-state index in [2.05, 4.69) is 5.32 Å². The Kier molecular flexibility index (Phi) is 4.76. The summed E-state index contributed by atoms with van der Waals surface area (Å²) in [5.41, 5.74) is 0.782. The lowest BCUT2D eigenvalue weighted by molar-refractivity contribution is -0.144. The quantitative estimate of drug-likeness (QED) is 0.842. The number of nitrogens with one attached hydrogen (secondary N) is 1. The summed E-state index contributed by atoms with van der Waals surface area (Å²) in [7, 11) is 1.41. The summed E-state index contributed by atoms with van der Waals surface area (Å²) in [5.74, 6) is 0.0628. The number of hydrogen-bond acceptors (Lipinski definition) is 3. The average Bonchev–Trinajstić information content (AvgIpc) is 2.37. The summed E-state index contributed by atoms with van der Waals surface area (Å²) in [5, 5.41) is 3.33. The van der Waals surface area contributed by atoms with E-state index in [1.807, 2.05) is 26.0 Å². The summed E-state index contributed by atoms with van der Waals surface area (Å²) in [6.07, 6.45) is 1.72. The fraction of sp³-hybridized carbons (Fsp3) is 0.562. The number of halogens is 1. The molecule has 0 spiro atoms. The van der Waals surface area contributed by atoms with Gasteiger partial charge < -0.3 is 10.1 Å². The summed E-state index contributed by atoms with van der Waals surface area (Å²) in [6, 6.07) is 6.89. The van der Waals surface area contributed by atoms with Gasteiger partial charge in [-0.1, -0.05) is 32.0 Å². The number of ether oxygens (including phenoxy) is 1. The van der Waals surface area contributed by atoms with Crippen LogP contribution in [0.4, 0.5) is 4.39 Å². The Bertz CT molecular complexity index is 469. The first-order valence-electron chi connectivity index (χ1n) is 7.11. The van der Waals surface area contributed by atoms with E-state index < -0.39 is 0 Å². The van der Waals surface area contributed by atoms with Crippen molar-refractivity contribution < 1.29 is 13.9 Å². The van der Waals surface area contributed by atoms with Crippen molar-refractivity contribution in [2.45, 2.75) is 44.7 Å². The highest BCUT2D eigenvalue weighted by Crippen LogP contribution is 2.38. The van der Waals surface area contributed by atoms with Crippen LogP contribution in [-0.2, 0) is 9.53 Å². The van der Waals surface area contributed by atoms with E-state index in [0.29, 0.717) is 0 Å². The minimum Gasteiger partial charge on any atom is -0.468 e. The SMILES string of the molecule is COC(=O)[C@@H](NC1CC(c2ccccc2F)C1)C(C)C. The van der Waals surface area contributed by atoms with Gasteiger partial charge in [-0.2, -0.15) is 0 Å². The third-order valence-corrected chi connectivity index (χ3v) is 4.02. The predicted molar refractivity (Wildman–Crippen MR) is 75.9 cm³/mol. The smallest absolute Gasteiger partial charge is 0.323 e. The molecular formula is C16H22FNO2. The van der Waals surface area contributed by atoms with Crippen molar-refractivity contribution in [2.75, 3.05) is 7.11 Å². The number of rotatable bonds is 5. The van der Waals surface area contributed by atoms with E-state index in [1.54, 1.807) is 6.07 Å². The first kappa shape index (κ1) is 15.0. The Morgan fingerprint density at radius 1 is 1.35 bits per heavy atom. The molecule has 0 saturated heterocycles. The maximum absolute atomic E-state index is 13.7. The van der Waals surface area contributed by atoms with Crippen LogP contribution in [0.25, 0.3) is 0 Å². The molecule has 1 saturated carbocycles. The molecule has 2 rings (SSSR count). The van der Waals surface area contributed by atoms with Crippen molar-refractivity contribution in [1.82, 2.24) is 5.32 Å². The van der Waals surface area contributed by atoms with Crippen LogP contribution in [0.5, 0.6) is 0 Å². The Balaban J connectivity index is 1.90. The van der Waals surface area contributed by atoms with E-state index >= 15 is 0 Å². The number of hydrogen-bond donors (Lipinski definition) is 1. The van der Waals surface area contributed by atoms with E-state index in [4.69, 9.17) is 4.74 Å². The van der Waals surface area contributed by atoms with Gasteiger partial charge >= 0.3 is 5.97 Å². The van der Waals surface area contributed by atoms with E-state index in [1.165, 1.54) is 13.2 Å². The maximum Gasteiger partial charge on any atom is 0.323 e. The first-order chi connectivity index (χ1) is 9.52. The van der Waals surface area contributed by atoms with Crippen LogP contribution in [0.3, 0.4) is 0 Å². The number of carbonyl (C=O) groups excluding carboxylic acids is 1. The fourth-order valence-corrected chi connectivity index (χ4v) is 2.73. The molecule has 0 bridgehead atoms. The van der Waals surface area contributed by atoms with Crippen LogP contribution in [0.15, 0.2) is 24.3 Å². The molecule has 0 amide bonds. The molecule has 1 fully saturated rings. The van der Waals surface area contributed by atoms with Crippen molar-refractivity contribution in [3.63, 3.8) is 0 Å². The highest BCUT2D eigenvalue weighted by atomic mass is 19.1. The minimum absolute atomic E-state index is 0.135. The Labute approximate surface area is 119 Å². The number of benzene rings is 1. The van der Waals surface area contributed by atoms with Crippen molar-refractivity contribution in [1.29, 1.82) is 0 Å². The molecule has 0 aliphatic heterocycles. The third-order valence-electron chi connectivity index (χ3n) is 4.02. The van der Waals surface area contributed by atoms with E-state index in [9.17, 15) is 9.18 Å². The van der Waals surface area contributed by atoms with Crippen LogP contribution in [0, 0.1) is 11.7 Å². The van der Waals surface area contributed by atoms with Crippen LogP contribution in [-0.4, -0.2) is 25.2 Å². The van der Waals surface area contributed by atoms with Crippen LogP contribution >= 0.6 is 0 Å². The molecule has 3 nitrogen and oxygen atoms in total. The fourth-order valence-electron chi connectivity index (χ4n) is 2.73. The largest absolute Gasteiger partial charge is 0.468 e. The highest BCUT2D eigenvalue weighted by molar-refractivity contribution is 5.76. The number of esters is 1. The van der Waals surface area contributed by atoms with Gasteiger partial charge in [-0.15, -0.1) is 0 Å². The zero-order valence-corrected chi connectivity index (χ0v) is 12.2. The lowest BCUT2D eigenvalue weighted by atomic mass is 9.75. The van der Waals surface area contributed by atoms with Crippen molar-refractivity contribution in [2.24, 2.45) is 5.92 Å². The van der Waals surface area contributed by atoms with Gasteiger partial charge in [0.2, 0.25) is 0 Å². The molecule has 110 valence electrons. The predicted octanol–water partition coefficient (Wildman–Crippen LogP) is 2.86. The molecule has 0 unspecified atom stereocenters. The van der Waals surface area contributed by atoms with Crippen LogP contribution in [0.2, 0.25) is 0 Å². The second-order valence-electron chi connectivity index (χ2n) is 5.80. The number of carbonyl (C=O) groups is 1. The molecule has 1 aliphatic carbocycles. The summed E-state index contributed by atoms with van der Waals surface area (Å²) >= 11 is 0. The second-order valence-corrected chi connectivity index (χ2v) is 5.80. The Morgan fingerprint density at radius 2 is 2.00 bits per heavy atom. The van der Waals surface area contributed by atoms with Gasteiger partial charge in [0.05, 0.1) is 7.11 Å². The van der Waals surface area contributed by atoms with Crippen molar-refractivity contribution in [3.8, 4) is 0 Å². The van der Waals surface area contributed by atoms with Crippen LogP contribution < -0.4 is 5.32 Å². The molecule has 1 N–H and O–H groups in total. The van der Waals surface area contributed by atoms with Gasteiger partial charge in [-0.05, 0) is 36.3 Å². The molecular weight excluding hydrogens is 257 g/mol. The normalized spacial score (nSPS) is 23.2. The second kappa shape index (κ2) is 6.35.